The van der Waals surface area contributed by atoms with Crippen molar-refractivity contribution >= 4 is 10.8 Å². The largest absolute Gasteiger partial charge is 0.490 e. The summed E-state index contributed by atoms with van der Waals surface area (Å²) in [4.78, 5) is 0. The van der Waals surface area contributed by atoms with Gasteiger partial charge in [0.05, 0.1) is 13.2 Å². The summed E-state index contributed by atoms with van der Waals surface area (Å²) in [6.07, 6.45) is 2.62. The Balaban J connectivity index is 2.23. The van der Waals surface area contributed by atoms with E-state index >= 15 is 0 Å². The predicted molar refractivity (Wildman–Crippen MR) is 72.8 cm³/mol. The first-order chi connectivity index (χ1) is 8.70. The van der Waals surface area contributed by atoms with Crippen LogP contribution in [-0.4, -0.2) is 36.5 Å². The molecule has 0 aliphatic carbocycles. The van der Waals surface area contributed by atoms with Crippen molar-refractivity contribution in [2.75, 3.05) is 32.3 Å². The normalized spacial score (nSPS) is 17.9. The van der Waals surface area contributed by atoms with Gasteiger partial charge in [-0.25, -0.2) is 0 Å². The van der Waals surface area contributed by atoms with E-state index in [1.54, 1.807) is 6.26 Å². The zero-order valence-corrected chi connectivity index (χ0v) is 11.6. The smallest absolute Gasteiger partial charge is 0.161 e. The van der Waals surface area contributed by atoms with E-state index in [0.29, 0.717) is 19.0 Å². The van der Waals surface area contributed by atoms with Crippen molar-refractivity contribution in [2.24, 2.45) is 0 Å². The molecule has 1 aromatic rings. The number of fused-ring (bicyclic) bond motifs is 1. The average molecular weight is 269 g/mol. The van der Waals surface area contributed by atoms with Crippen molar-refractivity contribution in [1.29, 1.82) is 0 Å². The highest BCUT2D eigenvalue weighted by Crippen LogP contribution is 2.32. The fourth-order valence-corrected chi connectivity index (χ4v) is 2.81. The molecule has 0 amide bonds. The van der Waals surface area contributed by atoms with Crippen LogP contribution in [0, 0.1) is 0 Å². The van der Waals surface area contributed by atoms with Gasteiger partial charge in [-0.2, -0.15) is 0 Å². The molecule has 0 radical (unpaired) electrons. The van der Waals surface area contributed by atoms with Crippen molar-refractivity contribution in [3.8, 4) is 11.5 Å². The molecule has 1 heterocycles. The van der Waals surface area contributed by atoms with E-state index in [1.165, 1.54) is 0 Å². The van der Waals surface area contributed by atoms with Crippen molar-refractivity contribution in [3.05, 3.63) is 23.8 Å². The predicted octanol–water partition coefficient (Wildman–Crippen LogP) is 1.49. The number of ether oxygens (including phenoxy) is 2. The maximum atomic E-state index is 11.3. The second kappa shape index (κ2) is 6.20. The minimum Gasteiger partial charge on any atom is -0.490 e. The summed E-state index contributed by atoms with van der Waals surface area (Å²) in [6.45, 7) is 1.38. The van der Waals surface area contributed by atoms with E-state index in [1.807, 2.05) is 25.2 Å². The first kappa shape index (κ1) is 13.4. The summed E-state index contributed by atoms with van der Waals surface area (Å²) in [5.74, 6) is 2.17. The molecular formula is C13H19NO3S. The van der Waals surface area contributed by atoms with Crippen molar-refractivity contribution in [3.63, 3.8) is 0 Å². The molecule has 0 spiro atoms. The van der Waals surface area contributed by atoms with Crippen LogP contribution >= 0.6 is 0 Å². The number of nitrogens with one attached hydrogen (secondary N) is 1. The Hall–Kier alpha value is -1.07. The molecule has 5 heteroatoms. The summed E-state index contributed by atoms with van der Waals surface area (Å²) in [7, 11) is 1.04. The summed E-state index contributed by atoms with van der Waals surface area (Å²) in [5, 5.41) is 3.18. The van der Waals surface area contributed by atoms with Gasteiger partial charge in [0, 0.05) is 35.3 Å². The minimum absolute atomic E-state index is 0.0768. The zero-order chi connectivity index (χ0) is 13.0. The third-order valence-corrected chi connectivity index (χ3v) is 3.73. The lowest BCUT2D eigenvalue weighted by Gasteiger charge is -2.17. The Labute approximate surface area is 110 Å². The second-order valence-corrected chi connectivity index (χ2v) is 5.82. The number of rotatable bonds is 4. The highest BCUT2D eigenvalue weighted by Gasteiger charge is 2.16. The van der Waals surface area contributed by atoms with Crippen LogP contribution in [0.25, 0.3) is 0 Å². The summed E-state index contributed by atoms with van der Waals surface area (Å²) >= 11 is 0. The van der Waals surface area contributed by atoms with E-state index in [0.717, 1.165) is 23.5 Å². The van der Waals surface area contributed by atoms with Crippen LogP contribution in [0.4, 0.5) is 0 Å². The lowest BCUT2D eigenvalue weighted by Crippen LogP contribution is -2.22. The molecule has 2 rings (SSSR count). The number of hydrogen-bond acceptors (Lipinski definition) is 4. The SMILES string of the molecule is CNC(CS(C)=O)c1ccc2c(c1)OCCCO2. The average Bonchev–Trinajstić information content (AvgIpc) is 2.59. The molecular weight excluding hydrogens is 250 g/mol. The fraction of sp³-hybridized carbons (Fsp3) is 0.538. The van der Waals surface area contributed by atoms with Crippen molar-refractivity contribution in [1.82, 2.24) is 5.32 Å². The Morgan fingerprint density at radius 3 is 2.72 bits per heavy atom. The highest BCUT2D eigenvalue weighted by molar-refractivity contribution is 7.84. The first-order valence-corrected chi connectivity index (χ1v) is 7.80. The van der Waals surface area contributed by atoms with E-state index in [4.69, 9.17) is 9.47 Å². The molecule has 1 N–H and O–H groups in total. The monoisotopic (exact) mass is 269 g/mol. The maximum Gasteiger partial charge on any atom is 0.161 e. The van der Waals surface area contributed by atoms with Gasteiger partial charge in [0.1, 0.15) is 0 Å². The first-order valence-electron chi connectivity index (χ1n) is 6.07. The molecule has 0 saturated carbocycles. The van der Waals surface area contributed by atoms with Crippen LogP contribution in [0.1, 0.15) is 18.0 Å². The molecule has 0 bridgehead atoms. The lowest BCUT2D eigenvalue weighted by atomic mass is 10.1. The Morgan fingerprint density at radius 1 is 1.33 bits per heavy atom. The molecule has 0 fully saturated rings. The molecule has 1 aliphatic heterocycles. The number of benzene rings is 1. The molecule has 18 heavy (non-hydrogen) atoms. The van der Waals surface area contributed by atoms with Crippen molar-refractivity contribution < 1.29 is 13.7 Å². The molecule has 0 aromatic heterocycles. The van der Waals surface area contributed by atoms with Gasteiger partial charge >= 0.3 is 0 Å². The lowest BCUT2D eigenvalue weighted by molar-refractivity contribution is 0.297. The molecule has 2 unspecified atom stereocenters. The Kier molecular flexibility index (Phi) is 4.60. The van der Waals surface area contributed by atoms with Crippen LogP contribution in [0.5, 0.6) is 11.5 Å². The van der Waals surface area contributed by atoms with Gasteiger partial charge in [-0.1, -0.05) is 6.07 Å². The number of hydrogen-bond donors (Lipinski definition) is 1. The molecule has 1 aromatic carbocycles. The molecule has 2 atom stereocenters. The third kappa shape index (κ3) is 3.23. The Morgan fingerprint density at radius 2 is 2.06 bits per heavy atom. The van der Waals surface area contributed by atoms with E-state index in [-0.39, 0.29) is 6.04 Å². The van der Waals surface area contributed by atoms with Gasteiger partial charge in [0.2, 0.25) is 0 Å². The van der Waals surface area contributed by atoms with Gasteiger partial charge in [-0.3, -0.25) is 4.21 Å². The van der Waals surface area contributed by atoms with Gasteiger partial charge in [0.15, 0.2) is 11.5 Å². The van der Waals surface area contributed by atoms with E-state index in [2.05, 4.69) is 5.32 Å². The van der Waals surface area contributed by atoms with Gasteiger partial charge < -0.3 is 14.8 Å². The van der Waals surface area contributed by atoms with E-state index < -0.39 is 10.8 Å². The quantitative estimate of drug-likeness (QED) is 0.899. The third-order valence-electron chi connectivity index (χ3n) is 2.92. The maximum absolute atomic E-state index is 11.3. The van der Waals surface area contributed by atoms with Gasteiger partial charge in [-0.15, -0.1) is 0 Å². The summed E-state index contributed by atoms with van der Waals surface area (Å²) < 4.78 is 22.6. The second-order valence-electron chi connectivity index (χ2n) is 4.34. The summed E-state index contributed by atoms with van der Waals surface area (Å²) in [6, 6.07) is 5.99. The Bertz CT molecular complexity index is 436. The molecule has 0 saturated heterocycles. The molecule has 1 aliphatic rings. The van der Waals surface area contributed by atoms with Crippen LogP contribution in [0.2, 0.25) is 0 Å². The van der Waals surface area contributed by atoms with Gasteiger partial charge in [0.25, 0.3) is 0 Å². The van der Waals surface area contributed by atoms with Crippen LogP contribution < -0.4 is 14.8 Å². The zero-order valence-electron chi connectivity index (χ0n) is 10.8. The standard InChI is InChI=1S/C13H19NO3S/c1-14-11(9-18(2)15)10-4-5-12-13(8-10)17-7-3-6-16-12/h4-5,8,11,14H,3,6-7,9H2,1-2H3. The molecule has 100 valence electrons. The fourth-order valence-electron chi connectivity index (χ4n) is 1.98. The molecule has 4 nitrogen and oxygen atoms in total. The topological polar surface area (TPSA) is 47.6 Å². The van der Waals surface area contributed by atoms with E-state index in [9.17, 15) is 4.21 Å². The minimum atomic E-state index is -0.836. The van der Waals surface area contributed by atoms with Crippen molar-refractivity contribution in [2.45, 2.75) is 12.5 Å². The van der Waals surface area contributed by atoms with Crippen LogP contribution in [-0.2, 0) is 10.8 Å². The van der Waals surface area contributed by atoms with Crippen LogP contribution in [0.3, 0.4) is 0 Å². The van der Waals surface area contributed by atoms with Gasteiger partial charge in [-0.05, 0) is 24.7 Å². The van der Waals surface area contributed by atoms with Crippen LogP contribution in [0.15, 0.2) is 18.2 Å². The summed E-state index contributed by atoms with van der Waals surface area (Å²) in [5.41, 5.74) is 1.08. The highest BCUT2D eigenvalue weighted by atomic mass is 32.2.